The zero-order chi connectivity index (χ0) is 12.4. The number of benzene rings is 1. The molecule has 0 bridgehead atoms. The molecule has 0 amide bonds. The Morgan fingerprint density at radius 1 is 1.44 bits per heavy atom. The maximum Gasteiger partial charge on any atom is 0.573 e. The average Bonchev–Trinajstić information content (AvgIpc) is 2.03. The van der Waals surface area contributed by atoms with Crippen molar-refractivity contribution >= 4 is 15.7 Å². The maximum absolute atomic E-state index is 11.9. The van der Waals surface area contributed by atoms with Gasteiger partial charge >= 0.3 is 6.36 Å². The molecule has 0 spiro atoms. The van der Waals surface area contributed by atoms with Crippen LogP contribution in [0.1, 0.15) is 0 Å². The molecule has 0 saturated carbocycles. The van der Waals surface area contributed by atoms with Crippen LogP contribution in [0.15, 0.2) is 18.2 Å². The average molecular weight is 254 g/mol. The van der Waals surface area contributed by atoms with Crippen LogP contribution in [0.3, 0.4) is 0 Å². The van der Waals surface area contributed by atoms with Crippen LogP contribution in [0, 0.1) is 6.07 Å². The van der Waals surface area contributed by atoms with Crippen LogP contribution in [-0.2, 0) is 10.0 Å². The topological polar surface area (TPSA) is 55.4 Å². The molecule has 0 aromatic heterocycles. The Labute approximate surface area is 90.1 Å². The van der Waals surface area contributed by atoms with Gasteiger partial charge in [-0.2, -0.15) is 0 Å². The maximum atomic E-state index is 11.9. The standard InChI is InChI=1S/C8H7F3NO3S/c1-16(13,14)12-6-4-2-3-5-7(6)15-8(9,10)11/h3-5,12H,1H3. The number of nitrogens with one attached hydrogen (secondary N) is 1. The molecule has 1 aromatic rings. The summed E-state index contributed by atoms with van der Waals surface area (Å²) in [5.74, 6) is -0.628. The van der Waals surface area contributed by atoms with Crippen LogP contribution in [0.5, 0.6) is 5.75 Å². The predicted octanol–water partition coefficient (Wildman–Crippen LogP) is 1.76. The lowest BCUT2D eigenvalue weighted by Gasteiger charge is -2.13. The van der Waals surface area contributed by atoms with Crippen LogP contribution in [0.25, 0.3) is 0 Å². The van der Waals surface area contributed by atoms with E-state index in [1.165, 1.54) is 6.07 Å². The zero-order valence-corrected chi connectivity index (χ0v) is 8.82. The van der Waals surface area contributed by atoms with Gasteiger partial charge in [0.05, 0.1) is 11.9 Å². The Hall–Kier alpha value is -1.44. The quantitative estimate of drug-likeness (QED) is 0.894. The summed E-state index contributed by atoms with van der Waals surface area (Å²) in [5, 5.41) is 0. The number of hydrogen-bond donors (Lipinski definition) is 1. The first-order chi connectivity index (χ1) is 7.17. The first-order valence-electron chi connectivity index (χ1n) is 3.91. The molecule has 1 radical (unpaired) electrons. The van der Waals surface area contributed by atoms with E-state index >= 15 is 0 Å². The Bertz CT molecular complexity index is 470. The minimum Gasteiger partial charge on any atom is -0.404 e. The molecule has 0 fully saturated rings. The summed E-state index contributed by atoms with van der Waals surface area (Å²) in [6.07, 6.45) is -4.06. The molecule has 1 aromatic carbocycles. The third kappa shape index (κ3) is 4.39. The molecule has 16 heavy (non-hydrogen) atoms. The summed E-state index contributed by atoms with van der Waals surface area (Å²) < 4.78 is 63.1. The molecule has 0 aliphatic heterocycles. The first kappa shape index (κ1) is 12.6. The van der Waals surface area contributed by atoms with E-state index in [0.29, 0.717) is 0 Å². The van der Waals surface area contributed by atoms with Gasteiger partial charge < -0.3 is 4.74 Å². The fourth-order valence-electron chi connectivity index (χ4n) is 0.909. The molecule has 0 saturated heterocycles. The first-order valence-corrected chi connectivity index (χ1v) is 5.80. The van der Waals surface area contributed by atoms with Crippen molar-refractivity contribution in [3.63, 3.8) is 0 Å². The molecule has 0 aliphatic carbocycles. The van der Waals surface area contributed by atoms with E-state index in [4.69, 9.17) is 0 Å². The Morgan fingerprint density at radius 3 is 2.56 bits per heavy atom. The van der Waals surface area contributed by atoms with Crippen molar-refractivity contribution in [2.75, 3.05) is 11.0 Å². The minimum atomic E-state index is -4.88. The third-order valence-corrected chi connectivity index (χ3v) is 1.94. The highest BCUT2D eigenvalue weighted by molar-refractivity contribution is 7.92. The smallest absolute Gasteiger partial charge is 0.404 e. The number of anilines is 1. The molecule has 1 rings (SSSR count). The summed E-state index contributed by atoms with van der Waals surface area (Å²) in [6.45, 7) is 0. The summed E-state index contributed by atoms with van der Waals surface area (Å²) in [4.78, 5) is 0. The summed E-state index contributed by atoms with van der Waals surface area (Å²) in [5.41, 5.74) is -0.317. The second-order valence-corrected chi connectivity index (χ2v) is 4.59. The second kappa shape index (κ2) is 4.20. The van der Waals surface area contributed by atoms with Crippen molar-refractivity contribution in [2.24, 2.45) is 0 Å². The van der Waals surface area contributed by atoms with Crippen LogP contribution in [0.4, 0.5) is 18.9 Å². The van der Waals surface area contributed by atoms with E-state index in [1.807, 2.05) is 4.72 Å². The van der Waals surface area contributed by atoms with E-state index in [0.717, 1.165) is 18.4 Å². The highest BCUT2D eigenvalue weighted by atomic mass is 32.2. The van der Waals surface area contributed by atoms with E-state index in [2.05, 4.69) is 10.8 Å². The minimum absolute atomic E-state index is 0.317. The summed E-state index contributed by atoms with van der Waals surface area (Å²) >= 11 is 0. The SMILES string of the molecule is CS(=O)(=O)Nc1c[c]ccc1OC(F)(F)F. The number of sulfonamides is 1. The molecular formula is C8H7F3NO3S. The summed E-state index contributed by atoms with van der Waals surface area (Å²) in [7, 11) is -3.67. The summed E-state index contributed by atoms with van der Waals surface area (Å²) in [6, 6.07) is 5.61. The highest BCUT2D eigenvalue weighted by Crippen LogP contribution is 2.30. The highest BCUT2D eigenvalue weighted by Gasteiger charge is 2.32. The largest absolute Gasteiger partial charge is 0.573 e. The second-order valence-electron chi connectivity index (χ2n) is 2.84. The number of rotatable bonds is 3. The van der Waals surface area contributed by atoms with Gasteiger partial charge in [-0.1, -0.05) is 6.07 Å². The van der Waals surface area contributed by atoms with Crippen LogP contribution >= 0.6 is 0 Å². The zero-order valence-electron chi connectivity index (χ0n) is 8.00. The van der Waals surface area contributed by atoms with Crippen molar-refractivity contribution in [1.29, 1.82) is 0 Å². The number of halogens is 3. The molecule has 4 nitrogen and oxygen atoms in total. The van der Waals surface area contributed by atoms with Gasteiger partial charge in [0.2, 0.25) is 10.0 Å². The van der Waals surface area contributed by atoms with Gasteiger partial charge in [0.1, 0.15) is 0 Å². The van der Waals surface area contributed by atoms with Gasteiger partial charge in [-0.25, -0.2) is 8.42 Å². The number of hydrogen-bond acceptors (Lipinski definition) is 3. The lowest BCUT2D eigenvalue weighted by atomic mass is 10.3. The van der Waals surface area contributed by atoms with Crippen LogP contribution in [0.2, 0.25) is 0 Å². The Morgan fingerprint density at radius 2 is 2.06 bits per heavy atom. The van der Waals surface area contributed by atoms with Gasteiger partial charge in [0, 0.05) is 0 Å². The van der Waals surface area contributed by atoms with Crippen molar-refractivity contribution in [1.82, 2.24) is 0 Å². The van der Waals surface area contributed by atoms with Crippen LogP contribution < -0.4 is 9.46 Å². The van der Waals surface area contributed by atoms with Gasteiger partial charge in [-0.15, -0.1) is 13.2 Å². The van der Waals surface area contributed by atoms with Crippen molar-refractivity contribution in [3.05, 3.63) is 24.3 Å². The molecule has 0 aliphatic rings. The van der Waals surface area contributed by atoms with Crippen LogP contribution in [-0.4, -0.2) is 21.0 Å². The number of ether oxygens (including phenoxy) is 1. The number of alkyl halides is 3. The van der Waals surface area contributed by atoms with Gasteiger partial charge in [0.25, 0.3) is 0 Å². The normalized spacial score (nSPS) is 12.2. The Balaban J connectivity index is 3.01. The van der Waals surface area contributed by atoms with E-state index in [-0.39, 0.29) is 5.69 Å². The van der Waals surface area contributed by atoms with Gasteiger partial charge in [0.15, 0.2) is 5.75 Å². The molecule has 89 valence electrons. The molecule has 1 N–H and O–H groups in total. The van der Waals surface area contributed by atoms with Crippen molar-refractivity contribution in [2.45, 2.75) is 6.36 Å². The van der Waals surface area contributed by atoms with E-state index in [1.54, 1.807) is 0 Å². The van der Waals surface area contributed by atoms with Crippen molar-refractivity contribution < 1.29 is 26.3 Å². The molecule has 0 unspecified atom stereocenters. The van der Waals surface area contributed by atoms with Gasteiger partial charge in [-0.05, 0) is 18.2 Å². The lowest BCUT2D eigenvalue weighted by molar-refractivity contribution is -0.274. The predicted molar refractivity (Wildman–Crippen MR) is 50.4 cm³/mol. The molecular weight excluding hydrogens is 247 g/mol. The molecule has 0 atom stereocenters. The van der Waals surface area contributed by atoms with E-state index in [9.17, 15) is 21.6 Å². The monoisotopic (exact) mass is 254 g/mol. The Kier molecular flexibility index (Phi) is 3.32. The third-order valence-electron chi connectivity index (χ3n) is 1.35. The molecule has 0 heterocycles. The van der Waals surface area contributed by atoms with E-state index < -0.39 is 22.1 Å². The van der Waals surface area contributed by atoms with Crippen molar-refractivity contribution in [3.8, 4) is 5.75 Å². The molecule has 8 heteroatoms. The van der Waals surface area contributed by atoms with Gasteiger partial charge in [-0.3, -0.25) is 4.72 Å². The fourth-order valence-corrected chi connectivity index (χ4v) is 1.47. The lowest BCUT2D eigenvalue weighted by Crippen LogP contribution is -2.19. The fraction of sp³-hybridized carbons (Fsp3) is 0.250.